The van der Waals surface area contributed by atoms with Gasteiger partial charge in [0.25, 0.3) is 0 Å². The van der Waals surface area contributed by atoms with E-state index in [0.29, 0.717) is 25.7 Å². The van der Waals surface area contributed by atoms with Crippen molar-refractivity contribution < 1.29 is 52.4 Å². The Hall–Kier alpha value is 0.120. The molecule has 0 fully saturated rings. The van der Waals surface area contributed by atoms with Gasteiger partial charge in [0.05, 0.1) is 10.1 Å². The summed E-state index contributed by atoms with van der Waals surface area (Å²) in [5.41, 5.74) is 0. The molecule has 0 amide bonds. The molecule has 0 aromatic heterocycles. The van der Waals surface area contributed by atoms with Gasteiger partial charge in [-0.1, -0.05) is 70.8 Å². The molecule has 0 heterocycles. The maximum absolute atomic E-state index is 11.3. The number of carboxylic acid groups (broad SMARTS) is 1. The number of carbonyl (C=O) groups is 1. The van der Waals surface area contributed by atoms with Gasteiger partial charge in [-0.05, 0) is 25.7 Å². The van der Waals surface area contributed by atoms with E-state index >= 15 is 0 Å². The Morgan fingerprint density at radius 2 is 1.44 bits per heavy atom. The zero-order valence-electron chi connectivity index (χ0n) is 15.9. The minimum atomic E-state index is -4.22. The molecule has 1 unspecified atom stereocenters. The van der Waals surface area contributed by atoms with Crippen LogP contribution in [0, 0.1) is 0 Å². The summed E-state index contributed by atoms with van der Waals surface area (Å²) < 4.78 is 34.0. The molecule has 0 aromatic carbocycles. The Kier molecular flexibility index (Phi) is 19.2. The quantitative estimate of drug-likeness (QED) is 0.189. The normalized spacial score (nSPS) is 12.9. The van der Waals surface area contributed by atoms with Crippen molar-refractivity contribution in [2.24, 2.45) is 0 Å². The van der Waals surface area contributed by atoms with Gasteiger partial charge >= 0.3 is 35.5 Å². The van der Waals surface area contributed by atoms with E-state index in [1.54, 1.807) is 6.08 Å². The standard InChI is InChI=1S/C18H34O5S.Na/c1-2-3-4-5-6-8-11-14-17(24(21,22)23)15-12-9-7-10-13-16-18(19)20;/h13,16-17H,2-12,14-15H2,1H3,(H,19,20)(H,21,22,23);/q;+1/p-1/b16-13+;. The Labute approximate surface area is 175 Å². The zero-order chi connectivity index (χ0) is 18.3. The number of allylic oxidation sites excluding steroid dienone is 1. The summed E-state index contributed by atoms with van der Waals surface area (Å²) in [6, 6.07) is 0. The fraction of sp³-hybridized carbons (Fsp3) is 0.833. The van der Waals surface area contributed by atoms with Crippen LogP contribution in [-0.4, -0.2) is 29.3 Å². The summed E-state index contributed by atoms with van der Waals surface area (Å²) in [5.74, 6) is -0.956. The van der Waals surface area contributed by atoms with Gasteiger partial charge in [0.1, 0.15) is 0 Å². The van der Waals surface area contributed by atoms with Gasteiger partial charge in [0.15, 0.2) is 0 Å². The number of carboxylic acids is 1. The third-order valence-corrected chi connectivity index (χ3v) is 5.48. The van der Waals surface area contributed by atoms with Gasteiger partial charge in [-0.15, -0.1) is 0 Å². The van der Waals surface area contributed by atoms with Gasteiger partial charge in [-0.25, -0.2) is 13.2 Å². The van der Waals surface area contributed by atoms with Crippen molar-refractivity contribution in [3.05, 3.63) is 12.2 Å². The third kappa shape index (κ3) is 18.7. The van der Waals surface area contributed by atoms with Gasteiger partial charge in [0, 0.05) is 11.3 Å². The van der Waals surface area contributed by atoms with Crippen LogP contribution < -0.4 is 29.6 Å². The van der Waals surface area contributed by atoms with E-state index in [0.717, 1.165) is 38.2 Å². The smallest absolute Gasteiger partial charge is 0.748 e. The van der Waals surface area contributed by atoms with Crippen molar-refractivity contribution >= 4 is 16.1 Å². The van der Waals surface area contributed by atoms with Gasteiger partial charge in [0.2, 0.25) is 0 Å². The van der Waals surface area contributed by atoms with Crippen LogP contribution in [0.25, 0.3) is 0 Å². The Bertz CT molecular complexity index is 448. The molecule has 142 valence electrons. The molecule has 0 saturated heterocycles. The van der Waals surface area contributed by atoms with E-state index in [9.17, 15) is 17.8 Å². The Morgan fingerprint density at radius 3 is 1.92 bits per heavy atom. The first-order valence-corrected chi connectivity index (χ1v) is 10.7. The summed E-state index contributed by atoms with van der Waals surface area (Å²) in [4.78, 5) is 10.3. The molecule has 5 nitrogen and oxygen atoms in total. The monoisotopic (exact) mass is 384 g/mol. The van der Waals surface area contributed by atoms with E-state index in [1.807, 2.05) is 0 Å². The molecule has 1 N–H and O–H groups in total. The number of hydrogen-bond donors (Lipinski definition) is 1. The first kappa shape index (κ1) is 27.3. The first-order valence-electron chi connectivity index (χ1n) is 9.22. The van der Waals surface area contributed by atoms with E-state index < -0.39 is 21.3 Å². The third-order valence-electron chi connectivity index (χ3n) is 4.20. The molecule has 0 aliphatic heterocycles. The van der Waals surface area contributed by atoms with Crippen LogP contribution in [0.3, 0.4) is 0 Å². The molecule has 7 heteroatoms. The maximum atomic E-state index is 11.3. The van der Waals surface area contributed by atoms with Crippen molar-refractivity contribution in [3.63, 3.8) is 0 Å². The van der Waals surface area contributed by atoms with Gasteiger partial charge in [-0.2, -0.15) is 0 Å². The van der Waals surface area contributed by atoms with Gasteiger partial charge < -0.3 is 9.66 Å². The Morgan fingerprint density at radius 1 is 0.960 bits per heavy atom. The molecule has 0 spiro atoms. The molecule has 1 atom stereocenters. The van der Waals surface area contributed by atoms with E-state index in [-0.39, 0.29) is 29.6 Å². The summed E-state index contributed by atoms with van der Waals surface area (Å²) in [5, 5.41) is 7.69. The van der Waals surface area contributed by atoms with Crippen LogP contribution in [0.15, 0.2) is 12.2 Å². The molecular weight excluding hydrogens is 351 g/mol. The number of rotatable bonds is 16. The van der Waals surface area contributed by atoms with Crippen LogP contribution in [0.1, 0.15) is 90.4 Å². The summed E-state index contributed by atoms with van der Waals surface area (Å²) >= 11 is 0. The van der Waals surface area contributed by atoms with E-state index in [2.05, 4.69) is 6.92 Å². The van der Waals surface area contributed by atoms with Crippen molar-refractivity contribution in [2.45, 2.75) is 95.6 Å². The van der Waals surface area contributed by atoms with Crippen LogP contribution in [-0.2, 0) is 14.9 Å². The van der Waals surface area contributed by atoms with Crippen molar-refractivity contribution in [1.29, 1.82) is 0 Å². The second-order valence-corrected chi connectivity index (χ2v) is 8.06. The van der Waals surface area contributed by atoms with Crippen LogP contribution in [0.4, 0.5) is 0 Å². The fourth-order valence-electron chi connectivity index (χ4n) is 2.76. The molecular formula is C18H33NaO5S. The van der Waals surface area contributed by atoms with Crippen molar-refractivity contribution in [1.82, 2.24) is 0 Å². The van der Waals surface area contributed by atoms with Crippen molar-refractivity contribution in [3.8, 4) is 0 Å². The average Bonchev–Trinajstić information content (AvgIpc) is 2.49. The second kappa shape index (κ2) is 17.5. The van der Waals surface area contributed by atoms with E-state index in [4.69, 9.17) is 5.11 Å². The largest absolute Gasteiger partial charge is 1.00 e. The molecule has 0 aliphatic carbocycles. The fourth-order valence-corrected chi connectivity index (χ4v) is 3.67. The summed E-state index contributed by atoms with van der Waals surface area (Å²) in [7, 11) is -4.22. The average molecular weight is 385 g/mol. The molecule has 0 bridgehead atoms. The predicted octanol–water partition coefficient (Wildman–Crippen LogP) is 1.64. The van der Waals surface area contributed by atoms with Crippen LogP contribution in [0.2, 0.25) is 0 Å². The molecule has 0 radical (unpaired) electrons. The number of unbranched alkanes of at least 4 members (excludes halogenated alkanes) is 9. The van der Waals surface area contributed by atoms with Crippen molar-refractivity contribution in [2.75, 3.05) is 0 Å². The summed E-state index contributed by atoms with van der Waals surface area (Å²) in [6.07, 6.45) is 14.4. The van der Waals surface area contributed by atoms with Crippen LogP contribution in [0.5, 0.6) is 0 Å². The van der Waals surface area contributed by atoms with Gasteiger partial charge in [-0.3, -0.25) is 0 Å². The minimum absolute atomic E-state index is 0. The minimum Gasteiger partial charge on any atom is -0.748 e. The molecule has 0 aromatic rings. The molecule has 25 heavy (non-hydrogen) atoms. The second-order valence-electron chi connectivity index (χ2n) is 6.40. The first-order chi connectivity index (χ1) is 11.4. The molecule has 0 saturated carbocycles. The van der Waals surface area contributed by atoms with Crippen LogP contribution >= 0.6 is 0 Å². The molecule has 0 rings (SSSR count). The maximum Gasteiger partial charge on any atom is 1.00 e. The molecule has 0 aliphatic rings. The topological polar surface area (TPSA) is 94.5 Å². The SMILES string of the molecule is CCCCCCCCCC(CCCCC/C=C/C(=O)O)S(=O)(=O)[O-].[Na+]. The Balaban J connectivity index is 0. The summed E-state index contributed by atoms with van der Waals surface area (Å²) in [6.45, 7) is 2.17. The van der Waals surface area contributed by atoms with E-state index in [1.165, 1.54) is 25.7 Å². The predicted molar refractivity (Wildman–Crippen MR) is 96.0 cm³/mol. The number of aliphatic carboxylic acids is 1. The zero-order valence-corrected chi connectivity index (χ0v) is 18.7. The number of hydrogen-bond acceptors (Lipinski definition) is 4.